The Morgan fingerprint density at radius 1 is 1.28 bits per heavy atom. The largest absolute Gasteiger partial charge is 0.444 e. The van der Waals surface area contributed by atoms with Gasteiger partial charge in [-0.1, -0.05) is 11.6 Å². The van der Waals surface area contributed by atoms with Gasteiger partial charge in [0, 0.05) is 31.5 Å². The SMILES string of the molecule is CC(C)(C)OC(=O)N1CCC2(CC1)CC(=O)N(c1ccc(Cl)nc1)C2. The lowest BCUT2D eigenvalue weighted by molar-refractivity contribution is -0.118. The monoisotopic (exact) mass is 365 g/mol. The zero-order valence-corrected chi connectivity index (χ0v) is 15.7. The second-order valence-corrected chi connectivity index (χ2v) is 8.35. The van der Waals surface area contributed by atoms with E-state index in [1.807, 2.05) is 26.8 Å². The van der Waals surface area contributed by atoms with Crippen LogP contribution in [0.15, 0.2) is 18.3 Å². The summed E-state index contributed by atoms with van der Waals surface area (Å²) in [5, 5.41) is 0.413. The maximum absolute atomic E-state index is 12.5. The predicted molar refractivity (Wildman–Crippen MR) is 95.7 cm³/mol. The van der Waals surface area contributed by atoms with E-state index in [9.17, 15) is 9.59 Å². The van der Waals surface area contributed by atoms with Crippen molar-refractivity contribution in [1.82, 2.24) is 9.88 Å². The van der Waals surface area contributed by atoms with Gasteiger partial charge in [-0.25, -0.2) is 9.78 Å². The molecule has 0 aromatic carbocycles. The Bertz CT molecular complexity index is 661. The van der Waals surface area contributed by atoms with E-state index < -0.39 is 5.60 Å². The average Bonchev–Trinajstić information content (AvgIpc) is 2.83. The van der Waals surface area contributed by atoms with Crippen LogP contribution in [0.3, 0.4) is 0 Å². The quantitative estimate of drug-likeness (QED) is 0.715. The van der Waals surface area contributed by atoms with E-state index >= 15 is 0 Å². The number of carbonyl (C=O) groups is 2. The number of aromatic nitrogens is 1. The lowest BCUT2D eigenvalue weighted by Crippen LogP contribution is -2.46. The van der Waals surface area contributed by atoms with Crippen LogP contribution < -0.4 is 4.90 Å². The number of carbonyl (C=O) groups excluding carboxylic acids is 2. The van der Waals surface area contributed by atoms with E-state index in [0.29, 0.717) is 31.2 Å². The molecule has 0 N–H and O–H groups in total. The van der Waals surface area contributed by atoms with Crippen LogP contribution in [-0.4, -0.2) is 47.1 Å². The molecule has 1 aromatic heterocycles. The third-order valence-electron chi connectivity index (χ3n) is 4.82. The van der Waals surface area contributed by atoms with Crippen LogP contribution in [0.2, 0.25) is 5.15 Å². The molecule has 0 radical (unpaired) electrons. The van der Waals surface area contributed by atoms with Crippen molar-refractivity contribution in [2.24, 2.45) is 5.41 Å². The van der Waals surface area contributed by atoms with Gasteiger partial charge in [0.2, 0.25) is 5.91 Å². The summed E-state index contributed by atoms with van der Waals surface area (Å²) in [6.07, 6.45) is 3.48. The molecule has 2 saturated heterocycles. The van der Waals surface area contributed by atoms with Gasteiger partial charge in [0.25, 0.3) is 0 Å². The fraction of sp³-hybridized carbons (Fsp3) is 0.611. The highest BCUT2D eigenvalue weighted by Gasteiger charge is 2.46. The van der Waals surface area contributed by atoms with E-state index in [1.54, 1.807) is 22.1 Å². The number of anilines is 1. The van der Waals surface area contributed by atoms with E-state index in [1.165, 1.54) is 0 Å². The van der Waals surface area contributed by atoms with E-state index in [0.717, 1.165) is 18.5 Å². The van der Waals surface area contributed by atoms with Crippen molar-refractivity contribution in [3.05, 3.63) is 23.5 Å². The highest BCUT2D eigenvalue weighted by Crippen LogP contribution is 2.42. The molecule has 0 aliphatic carbocycles. The molecule has 0 saturated carbocycles. The van der Waals surface area contributed by atoms with Gasteiger partial charge in [-0.15, -0.1) is 0 Å². The van der Waals surface area contributed by atoms with Crippen LogP contribution in [0.1, 0.15) is 40.0 Å². The fourth-order valence-corrected chi connectivity index (χ4v) is 3.60. The van der Waals surface area contributed by atoms with Gasteiger partial charge in [-0.05, 0) is 45.7 Å². The highest BCUT2D eigenvalue weighted by atomic mass is 35.5. The third-order valence-corrected chi connectivity index (χ3v) is 5.04. The lowest BCUT2D eigenvalue weighted by Gasteiger charge is -2.39. The van der Waals surface area contributed by atoms with Crippen LogP contribution >= 0.6 is 11.6 Å². The van der Waals surface area contributed by atoms with Crippen molar-refractivity contribution in [3.8, 4) is 0 Å². The van der Waals surface area contributed by atoms with Gasteiger partial charge in [0.15, 0.2) is 0 Å². The molecule has 1 spiro atoms. The van der Waals surface area contributed by atoms with Gasteiger partial charge in [-0.2, -0.15) is 0 Å². The summed E-state index contributed by atoms with van der Waals surface area (Å²) >= 11 is 5.82. The maximum Gasteiger partial charge on any atom is 0.410 e. The first-order valence-corrected chi connectivity index (χ1v) is 8.95. The molecule has 136 valence electrons. The fourth-order valence-electron chi connectivity index (χ4n) is 3.48. The van der Waals surface area contributed by atoms with Crippen LogP contribution in [0.25, 0.3) is 0 Å². The lowest BCUT2D eigenvalue weighted by atomic mass is 9.78. The topological polar surface area (TPSA) is 62.7 Å². The molecule has 0 atom stereocenters. The van der Waals surface area contributed by atoms with Crippen molar-refractivity contribution >= 4 is 29.3 Å². The first-order chi connectivity index (χ1) is 11.7. The normalized spacial score (nSPS) is 20.2. The Hall–Kier alpha value is -1.82. The van der Waals surface area contributed by atoms with Gasteiger partial charge in [0.05, 0.1) is 11.9 Å². The number of likely N-dealkylation sites (tertiary alicyclic amines) is 1. The van der Waals surface area contributed by atoms with Gasteiger partial charge >= 0.3 is 6.09 Å². The van der Waals surface area contributed by atoms with Crippen molar-refractivity contribution in [1.29, 1.82) is 0 Å². The van der Waals surface area contributed by atoms with E-state index in [-0.39, 0.29) is 17.4 Å². The second kappa shape index (κ2) is 6.48. The molecule has 1 aromatic rings. The van der Waals surface area contributed by atoms with Crippen LogP contribution in [0, 0.1) is 5.41 Å². The predicted octanol–water partition coefficient (Wildman–Crippen LogP) is 3.49. The minimum atomic E-state index is -0.492. The molecule has 2 fully saturated rings. The summed E-state index contributed by atoms with van der Waals surface area (Å²) in [5.74, 6) is 0.106. The molecule has 25 heavy (non-hydrogen) atoms. The summed E-state index contributed by atoms with van der Waals surface area (Å²) in [6.45, 7) is 7.50. The number of amides is 2. The van der Waals surface area contributed by atoms with Gasteiger partial charge < -0.3 is 14.5 Å². The number of hydrogen-bond donors (Lipinski definition) is 0. The van der Waals surface area contributed by atoms with E-state index in [4.69, 9.17) is 16.3 Å². The Morgan fingerprint density at radius 2 is 1.96 bits per heavy atom. The molecule has 2 aliphatic heterocycles. The first kappa shape index (κ1) is 18.0. The van der Waals surface area contributed by atoms with Crippen LogP contribution in [0.4, 0.5) is 10.5 Å². The summed E-state index contributed by atoms with van der Waals surface area (Å²) in [5.41, 5.74) is 0.212. The number of rotatable bonds is 1. The van der Waals surface area contributed by atoms with Crippen molar-refractivity contribution in [2.75, 3.05) is 24.5 Å². The molecule has 7 heteroatoms. The maximum atomic E-state index is 12.5. The van der Waals surface area contributed by atoms with Crippen molar-refractivity contribution in [3.63, 3.8) is 0 Å². The molecule has 0 unspecified atom stereocenters. The average molecular weight is 366 g/mol. The molecule has 6 nitrogen and oxygen atoms in total. The third kappa shape index (κ3) is 4.06. The summed E-state index contributed by atoms with van der Waals surface area (Å²) < 4.78 is 5.44. The number of hydrogen-bond acceptors (Lipinski definition) is 4. The Labute approximate surface area is 153 Å². The van der Waals surface area contributed by atoms with Crippen LogP contribution in [-0.2, 0) is 9.53 Å². The molecule has 0 bridgehead atoms. The number of piperidine rings is 1. The Morgan fingerprint density at radius 3 is 2.52 bits per heavy atom. The minimum Gasteiger partial charge on any atom is -0.444 e. The van der Waals surface area contributed by atoms with Crippen molar-refractivity contribution < 1.29 is 14.3 Å². The number of nitrogens with zero attached hydrogens (tertiary/aromatic N) is 3. The molecule has 2 amide bonds. The minimum absolute atomic E-state index is 0.0742. The molecule has 3 heterocycles. The smallest absolute Gasteiger partial charge is 0.410 e. The molecule has 3 rings (SSSR count). The number of halogens is 1. The zero-order chi connectivity index (χ0) is 18.2. The molecule has 2 aliphatic rings. The summed E-state index contributed by atoms with van der Waals surface area (Å²) in [6, 6.07) is 3.52. The number of ether oxygens (including phenoxy) is 1. The van der Waals surface area contributed by atoms with Gasteiger partial charge in [-0.3, -0.25) is 4.79 Å². The van der Waals surface area contributed by atoms with Crippen molar-refractivity contribution in [2.45, 2.75) is 45.6 Å². The Balaban J connectivity index is 1.63. The zero-order valence-electron chi connectivity index (χ0n) is 14.9. The van der Waals surface area contributed by atoms with Gasteiger partial charge in [0.1, 0.15) is 10.8 Å². The molecular formula is C18H24ClN3O3. The summed E-state index contributed by atoms with van der Waals surface area (Å²) in [4.78, 5) is 32.3. The Kier molecular flexibility index (Phi) is 4.66. The standard InChI is InChI=1S/C18H24ClN3O3/c1-17(2,3)25-16(24)21-8-6-18(7-9-21)10-15(23)22(12-18)13-4-5-14(19)20-11-13/h4-5,11H,6-10,12H2,1-3H3. The molecular weight excluding hydrogens is 342 g/mol. The second-order valence-electron chi connectivity index (χ2n) is 7.96. The van der Waals surface area contributed by atoms with Crippen LogP contribution in [0.5, 0.6) is 0 Å². The van der Waals surface area contributed by atoms with E-state index in [2.05, 4.69) is 4.98 Å². The number of pyridine rings is 1. The first-order valence-electron chi connectivity index (χ1n) is 8.57. The summed E-state index contributed by atoms with van der Waals surface area (Å²) in [7, 11) is 0. The highest BCUT2D eigenvalue weighted by molar-refractivity contribution is 6.29.